The summed E-state index contributed by atoms with van der Waals surface area (Å²) in [5.41, 5.74) is 2.35. The standard InChI is InChI=1S/C14H8FN3O/c15-10-3-9(6-16)14(19)11(5-10)8-1-2-12-13(4-8)18-7-17-12/h1-5,7,19H,(H,17,18). The fraction of sp³-hybridized carbons (Fsp3) is 0. The number of aromatic amines is 1. The highest BCUT2D eigenvalue weighted by Crippen LogP contribution is 2.33. The molecule has 0 bridgehead atoms. The van der Waals surface area contributed by atoms with Gasteiger partial charge in [-0.05, 0) is 29.8 Å². The van der Waals surface area contributed by atoms with Gasteiger partial charge in [0.25, 0.3) is 0 Å². The smallest absolute Gasteiger partial charge is 0.141 e. The number of halogens is 1. The number of rotatable bonds is 1. The Hall–Kier alpha value is -2.87. The summed E-state index contributed by atoms with van der Waals surface area (Å²) in [5, 5.41) is 18.8. The molecule has 4 nitrogen and oxygen atoms in total. The zero-order valence-corrected chi connectivity index (χ0v) is 9.68. The van der Waals surface area contributed by atoms with Gasteiger partial charge in [0.05, 0.1) is 22.9 Å². The van der Waals surface area contributed by atoms with E-state index < -0.39 is 5.82 Å². The molecule has 0 aliphatic rings. The molecule has 0 spiro atoms. The monoisotopic (exact) mass is 253 g/mol. The minimum atomic E-state index is -0.563. The van der Waals surface area contributed by atoms with Gasteiger partial charge >= 0.3 is 0 Å². The second-order valence-corrected chi connectivity index (χ2v) is 4.10. The van der Waals surface area contributed by atoms with E-state index in [9.17, 15) is 9.50 Å². The van der Waals surface area contributed by atoms with Crippen LogP contribution in [0.4, 0.5) is 4.39 Å². The average molecular weight is 253 g/mol. The van der Waals surface area contributed by atoms with E-state index in [1.165, 1.54) is 6.07 Å². The second-order valence-electron chi connectivity index (χ2n) is 4.10. The van der Waals surface area contributed by atoms with E-state index in [1.807, 2.05) is 0 Å². The Bertz CT molecular complexity index is 817. The number of phenols is 1. The molecule has 3 rings (SSSR count). The maximum atomic E-state index is 13.5. The third-order valence-electron chi connectivity index (χ3n) is 2.93. The molecule has 0 unspecified atom stereocenters. The largest absolute Gasteiger partial charge is 0.506 e. The molecule has 1 heterocycles. The molecule has 0 saturated carbocycles. The highest BCUT2D eigenvalue weighted by atomic mass is 19.1. The third-order valence-corrected chi connectivity index (χ3v) is 2.93. The molecule has 0 amide bonds. The molecule has 19 heavy (non-hydrogen) atoms. The summed E-state index contributed by atoms with van der Waals surface area (Å²) in [6.07, 6.45) is 1.56. The number of benzene rings is 2. The number of hydrogen-bond acceptors (Lipinski definition) is 3. The van der Waals surface area contributed by atoms with Crippen molar-refractivity contribution in [1.29, 1.82) is 5.26 Å². The van der Waals surface area contributed by atoms with Crippen LogP contribution in [0.15, 0.2) is 36.7 Å². The van der Waals surface area contributed by atoms with Gasteiger partial charge in [0.2, 0.25) is 0 Å². The zero-order valence-electron chi connectivity index (χ0n) is 9.68. The van der Waals surface area contributed by atoms with E-state index in [-0.39, 0.29) is 16.9 Å². The lowest BCUT2D eigenvalue weighted by molar-refractivity contribution is 0.473. The van der Waals surface area contributed by atoms with Crippen LogP contribution < -0.4 is 0 Å². The molecule has 3 aromatic rings. The summed E-state index contributed by atoms with van der Waals surface area (Å²) in [6.45, 7) is 0. The topological polar surface area (TPSA) is 72.7 Å². The summed E-state index contributed by atoms with van der Waals surface area (Å²) in [6, 6.07) is 9.21. The van der Waals surface area contributed by atoms with Crippen molar-refractivity contribution in [2.75, 3.05) is 0 Å². The maximum absolute atomic E-state index is 13.5. The van der Waals surface area contributed by atoms with Crippen LogP contribution >= 0.6 is 0 Å². The predicted octanol–water partition coefficient (Wildman–Crippen LogP) is 2.95. The summed E-state index contributed by atoms with van der Waals surface area (Å²) in [7, 11) is 0. The summed E-state index contributed by atoms with van der Waals surface area (Å²) in [5.74, 6) is -0.787. The Morgan fingerprint density at radius 3 is 2.89 bits per heavy atom. The van der Waals surface area contributed by atoms with Gasteiger partial charge in [0.1, 0.15) is 17.6 Å². The first kappa shape index (κ1) is 11.2. The molecule has 0 saturated heterocycles. The van der Waals surface area contributed by atoms with Gasteiger partial charge in [-0.15, -0.1) is 0 Å². The number of nitrogens with one attached hydrogen (secondary N) is 1. The number of aromatic nitrogens is 2. The van der Waals surface area contributed by atoms with Crippen molar-refractivity contribution in [3.63, 3.8) is 0 Å². The number of aromatic hydroxyl groups is 1. The molecule has 2 N–H and O–H groups in total. The molecule has 92 valence electrons. The molecule has 0 aliphatic carbocycles. The van der Waals surface area contributed by atoms with E-state index in [1.54, 1.807) is 30.6 Å². The summed E-state index contributed by atoms with van der Waals surface area (Å²) < 4.78 is 13.5. The molecule has 0 aliphatic heterocycles. The molecular weight excluding hydrogens is 245 g/mol. The average Bonchev–Trinajstić information content (AvgIpc) is 2.88. The van der Waals surface area contributed by atoms with Crippen molar-refractivity contribution in [2.24, 2.45) is 0 Å². The van der Waals surface area contributed by atoms with Gasteiger partial charge in [0, 0.05) is 5.56 Å². The zero-order chi connectivity index (χ0) is 13.4. The van der Waals surface area contributed by atoms with Crippen LogP contribution in [0.5, 0.6) is 5.75 Å². The molecule has 2 aromatic carbocycles. The molecule has 1 aromatic heterocycles. The van der Waals surface area contributed by atoms with E-state index in [2.05, 4.69) is 9.97 Å². The lowest BCUT2D eigenvalue weighted by Gasteiger charge is -2.06. The number of H-pyrrole nitrogens is 1. The van der Waals surface area contributed by atoms with Crippen molar-refractivity contribution in [3.05, 3.63) is 48.0 Å². The Kier molecular flexibility index (Phi) is 2.43. The normalized spacial score (nSPS) is 10.5. The SMILES string of the molecule is N#Cc1cc(F)cc(-c2ccc3[nH]cnc3c2)c1O. The Morgan fingerprint density at radius 1 is 1.26 bits per heavy atom. The maximum Gasteiger partial charge on any atom is 0.141 e. The van der Waals surface area contributed by atoms with Gasteiger partial charge in [-0.1, -0.05) is 6.07 Å². The first-order valence-electron chi connectivity index (χ1n) is 5.55. The molecule has 0 fully saturated rings. The Morgan fingerprint density at radius 2 is 2.11 bits per heavy atom. The first-order valence-corrected chi connectivity index (χ1v) is 5.55. The highest BCUT2D eigenvalue weighted by Gasteiger charge is 2.12. The number of fused-ring (bicyclic) bond motifs is 1. The summed E-state index contributed by atoms with van der Waals surface area (Å²) in [4.78, 5) is 7.05. The van der Waals surface area contributed by atoms with Gasteiger partial charge in [-0.25, -0.2) is 9.37 Å². The van der Waals surface area contributed by atoms with Crippen LogP contribution in [-0.4, -0.2) is 15.1 Å². The van der Waals surface area contributed by atoms with Crippen molar-refractivity contribution in [3.8, 4) is 22.9 Å². The first-order chi connectivity index (χ1) is 9.19. The quantitative estimate of drug-likeness (QED) is 0.700. The number of hydrogen-bond donors (Lipinski definition) is 2. The number of nitriles is 1. The fourth-order valence-corrected chi connectivity index (χ4v) is 2.00. The minimum absolute atomic E-state index is 0.0860. The molecule has 0 radical (unpaired) electrons. The van der Waals surface area contributed by atoms with Crippen molar-refractivity contribution in [1.82, 2.24) is 9.97 Å². The summed E-state index contributed by atoms with van der Waals surface area (Å²) >= 11 is 0. The third kappa shape index (κ3) is 1.79. The van der Waals surface area contributed by atoms with Gasteiger partial charge < -0.3 is 10.1 Å². The van der Waals surface area contributed by atoms with E-state index in [0.29, 0.717) is 11.1 Å². The van der Waals surface area contributed by atoms with Crippen LogP contribution in [0.2, 0.25) is 0 Å². The van der Waals surface area contributed by atoms with Crippen LogP contribution in [0.25, 0.3) is 22.2 Å². The van der Waals surface area contributed by atoms with Crippen molar-refractivity contribution in [2.45, 2.75) is 0 Å². The van der Waals surface area contributed by atoms with Gasteiger partial charge in [0.15, 0.2) is 0 Å². The van der Waals surface area contributed by atoms with Crippen molar-refractivity contribution >= 4 is 11.0 Å². The lowest BCUT2D eigenvalue weighted by atomic mass is 10.0. The van der Waals surface area contributed by atoms with Gasteiger partial charge in [-0.2, -0.15) is 5.26 Å². The number of imidazole rings is 1. The second kappa shape index (κ2) is 4.10. The molecule has 0 atom stereocenters. The van der Waals surface area contributed by atoms with Crippen LogP contribution in [0.3, 0.4) is 0 Å². The lowest BCUT2D eigenvalue weighted by Crippen LogP contribution is -1.87. The number of phenolic OH excluding ortho intramolecular Hbond substituents is 1. The van der Waals surface area contributed by atoms with E-state index >= 15 is 0 Å². The van der Waals surface area contributed by atoms with E-state index in [0.717, 1.165) is 11.6 Å². The Balaban J connectivity index is 2.26. The molecule has 5 heteroatoms. The minimum Gasteiger partial charge on any atom is -0.506 e. The number of nitrogens with zero attached hydrogens (tertiary/aromatic N) is 2. The van der Waals surface area contributed by atoms with Gasteiger partial charge in [-0.3, -0.25) is 0 Å². The van der Waals surface area contributed by atoms with E-state index in [4.69, 9.17) is 5.26 Å². The Labute approximate surface area is 107 Å². The fourth-order valence-electron chi connectivity index (χ4n) is 2.00. The predicted molar refractivity (Wildman–Crippen MR) is 67.9 cm³/mol. The van der Waals surface area contributed by atoms with Crippen LogP contribution in [0, 0.1) is 17.1 Å². The molecular formula is C14H8FN3O. The van der Waals surface area contributed by atoms with Crippen molar-refractivity contribution < 1.29 is 9.50 Å². The van der Waals surface area contributed by atoms with Crippen LogP contribution in [0.1, 0.15) is 5.56 Å². The highest BCUT2D eigenvalue weighted by molar-refractivity contribution is 5.84. The van der Waals surface area contributed by atoms with Crippen LogP contribution in [-0.2, 0) is 0 Å².